The van der Waals surface area contributed by atoms with Crippen molar-refractivity contribution in [3.63, 3.8) is 0 Å². The van der Waals surface area contributed by atoms with Crippen LogP contribution in [0.1, 0.15) is 25.3 Å². The maximum atomic E-state index is 12.2. The first-order valence-corrected chi connectivity index (χ1v) is 8.74. The molecule has 1 saturated heterocycles. The Labute approximate surface area is 130 Å². The summed E-state index contributed by atoms with van der Waals surface area (Å²) in [4.78, 5) is 12.1. The van der Waals surface area contributed by atoms with Crippen LogP contribution in [0, 0.1) is 6.92 Å². The van der Waals surface area contributed by atoms with Gasteiger partial charge >= 0.3 is 0 Å². The van der Waals surface area contributed by atoms with Crippen LogP contribution in [0.4, 0.5) is 0 Å². The Kier molecular flexibility index (Phi) is 5.55. The Bertz CT molecular complexity index is 623. The maximum Gasteiger partial charge on any atom is 0.264 e. The Morgan fingerprint density at radius 3 is 2.82 bits per heavy atom. The van der Waals surface area contributed by atoms with Crippen LogP contribution >= 0.6 is 0 Å². The molecule has 0 aliphatic carbocycles. The summed E-state index contributed by atoms with van der Waals surface area (Å²) in [5.74, 6) is -0.679. The van der Waals surface area contributed by atoms with Gasteiger partial charge in [0.15, 0.2) is 0 Å². The second kappa shape index (κ2) is 7.21. The molecule has 0 unspecified atom stereocenters. The predicted molar refractivity (Wildman–Crippen MR) is 80.9 cm³/mol. The van der Waals surface area contributed by atoms with Crippen LogP contribution < -0.4 is 4.72 Å². The van der Waals surface area contributed by atoms with E-state index in [1.165, 1.54) is 13.0 Å². The highest BCUT2D eigenvalue weighted by Crippen LogP contribution is 2.15. The van der Waals surface area contributed by atoms with Crippen molar-refractivity contribution in [1.82, 2.24) is 4.72 Å². The molecule has 0 radical (unpaired) electrons. The number of benzene rings is 1. The van der Waals surface area contributed by atoms with E-state index in [9.17, 15) is 13.2 Å². The second-order valence-corrected chi connectivity index (χ2v) is 7.00. The summed E-state index contributed by atoms with van der Waals surface area (Å²) >= 11 is 0. The summed E-state index contributed by atoms with van der Waals surface area (Å²) in [6.07, 6.45) is 1.01. The topological polar surface area (TPSA) is 81.7 Å². The van der Waals surface area contributed by atoms with E-state index < -0.39 is 22.0 Å². The number of amides is 1. The standard InChI is InChI=1S/C15H21NO5S/c1-11-6-3-4-8-14(11)22(18,19)16-15(17)12(2)21-10-13-7-5-9-20-13/h3-4,6,8,12-13H,5,7,9-10H2,1-2H3,(H,16,17)/t12-,13-/m0/s1. The van der Waals surface area contributed by atoms with Gasteiger partial charge in [0.05, 0.1) is 17.6 Å². The zero-order valence-electron chi connectivity index (χ0n) is 12.7. The first-order valence-electron chi connectivity index (χ1n) is 7.25. The normalized spacial score (nSPS) is 19.8. The molecule has 0 aromatic heterocycles. The van der Waals surface area contributed by atoms with E-state index in [1.54, 1.807) is 25.1 Å². The van der Waals surface area contributed by atoms with Gasteiger partial charge in [0.2, 0.25) is 0 Å². The van der Waals surface area contributed by atoms with E-state index in [0.29, 0.717) is 18.8 Å². The highest BCUT2D eigenvalue weighted by molar-refractivity contribution is 7.90. The Balaban J connectivity index is 1.93. The van der Waals surface area contributed by atoms with Crippen molar-refractivity contribution in [1.29, 1.82) is 0 Å². The lowest BCUT2D eigenvalue weighted by Gasteiger charge is -2.16. The number of carbonyl (C=O) groups is 1. The van der Waals surface area contributed by atoms with Gasteiger partial charge in [0.25, 0.3) is 15.9 Å². The lowest BCUT2D eigenvalue weighted by molar-refractivity contribution is -0.131. The fourth-order valence-corrected chi connectivity index (χ4v) is 3.52. The number of nitrogens with one attached hydrogen (secondary N) is 1. The van der Waals surface area contributed by atoms with Gasteiger partial charge in [-0.1, -0.05) is 18.2 Å². The molecule has 1 N–H and O–H groups in total. The highest BCUT2D eigenvalue weighted by Gasteiger charge is 2.25. The third kappa shape index (κ3) is 4.28. The molecule has 1 fully saturated rings. The molecule has 2 atom stereocenters. The molecule has 1 aromatic rings. The van der Waals surface area contributed by atoms with Gasteiger partial charge < -0.3 is 9.47 Å². The van der Waals surface area contributed by atoms with Crippen LogP contribution in [0.15, 0.2) is 29.2 Å². The first-order chi connectivity index (χ1) is 10.4. The molecule has 1 amide bonds. The van der Waals surface area contributed by atoms with E-state index in [1.807, 2.05) is 0 Å². The van der Waals surface area contributed by atoms with Gasteiger partial charge in [0, 0.05) is 6.61 Å². The molecule has 22 heavy (non-hydrogen) atoms. The largest absolute Gasteiger partial charge is 0.376 e. The SMILES string of the molecule is Cc1ccccc1S(=O)(=O)NC(=O)[C@H](C)OC[C@@H]1CCCO1. The molecule has 0 bridgehead atoms. The van der Waals surface area contributed by atoms with Gasteiger partial charge in [-0.2, -0.15) is 0 Å². The molecule has 1 heterocycles. The van der Waals surface area contributed by atoms with Crippen molar-refractivity contribution in [3.8, 4) is 0 Å². The molecule has 1 aliphatic rings. The number of carbonyl (C=O) groups excluding carboxylic acids is 1. The van der Waals surface area contributed by atoms with E-state index in [2.05, 4.69) is 4.72 Å². The number of sulfonamides is 1. The van der Waals surface area contributed by atoms with E-state index in [4.69, 9.17) is 9.47 Å². The predicted octanol–water partition coefficient (Wildman–Crippen LogP) is 1.38. The second-order valence-electron chi connectivity index (χ2n) is 5.35. The monoisotopic (exact) mass is 327 g/mol. The molecule has 1 aromatic carbocycles. The summed E-state index contributed by atoms with van der Waals surface area (Å²) in [6.45, 7) is 4.20. The minimum Gasteiger partial charge on any atom is -0.376 e. The van der Waals surface area contributed by atoms with E-state index >= 15 is 0 Å². The van der Waals surface area contributed by atoms with Gasteiger partial charge in [-0.3, -0.25) is 4.79 Å². The fraction of sp³-hybridized carbons (Fsp3) is 0.533. The van der Waals surface area contributed by atoms with Crippen LogP contribution in [0.25, 0.3) is 0 Å². The van der Waals surface area contributed by atoms with Gasteiger partial charge in [-0.05, 0) is 38.3 Å². The van der Waals surface area contributed by atoms with E-state index in [-0.39, 0.29) is 11.0 Å². The fourth-order valence-electron chi connectivity index (χ4n) is 2.23. The number of hydrogen-bond acceptors (Lipinski definition) is 5. The maximum absolute atomic E-state index is 12.2. The molecule has 0 spiro atoms. The molecule has 0 saturated carbocycles. The van der Waals surface area contributed by atoms with Crippen LogP contribution in [0.3, 0.4) is 0 Å². The Morgan fingerprint density at radius 1 is 1.45 bits per heavy atom. The minimum absolute atomic E-state index is 0.0109. The van der Waals surface area contributed by atoms with Crippen molar-refractivity contribution in [2.45, 2.75) is 43.8 Å². The lowest BCUT2D eigenvalue weighted by Crippen LogP contribution is -2.39. The zero-order valence-corrected chi connectivity index (χ0v) is 13.6. The van der Waals surface area contributed by atoms with Crippen molar-refractivity contribution in [2.75, 3.05) is 13.2 Å². The van der Waals surface area contributed by atoms with Gasteiger partial charge in [-0.15, -0.1) is 0 Å². The van der Waals surface area contributed by atoms with Crippen LogP contribution in [0.5, 0.6) is 0 Å². The quantitative estimate of drug-likeness (QED) is 0.854. The molecular formula is C15H21NO5S. The van der Waals surface area contributed by atoms with Crippen LogP contribution in [-0.2, 0) is 24.3 Å². The Morgan fingerprint density at radius 2 is 2.18 bits per heavy atom. The van der Waals surface area contributed by atoms with Crippen molar-refractivity contribution in [2.24, 2.45) is 0 Å². The summed E-state index contributed by atoms with van der Waals surface area (Å²) < 4.78 is 37.3. The molecule has 1 aliphatic heterocycles. The van der Waals surface area contributed by atoms with Gasteiger partial charge in [0.1, 0.15) is 6.10 Å². The van der Waals surface area contributed by atoms with Crippen molar-refractivity contribution >= 4 is 15.9 Å². The summed E-state index contributed by atoms with van der Waals surface area (Å²) in [6, 6.07) is 6.49. The molecule has 122 valence electrons. The van der Waals surface area contributed by atoms with E-state index in [0.717, 1.165) is 12.8 Å². The van der Waals surface area contributed by atoms with Crippen molar-refractivity contribution < 1.29 is 22.7 Å². The summed E-state index contributed by atoms with van der Waals surface area (Å²) in [7, 11) is -3.88. The van der Waals surface area contributed by atoms with Crippen LogP contribution in [0.2, 0.25) is 0 Å². The number of hydrogen-bond donors (Lipinski definition) is 1. The molecule has 6 nitrogen and oxygen atoms in total. The zero-order chi connectivity index (χ0) is 16.2. The van der Waals surface area contributed by atoms with Crippen molar-refractivity contribution in [3.05, 3.63) is 29.8 Å². The minimum atomic E-state index is -3.88. The summed E-state index contributed by atoms with van der Waals surface area (Å²) in [5.41, 5.74) is 0.579. The number of rotatable bonds is 6. The van der Waals surface area contributed by atoms with Crippen LogP contribution in [-0.4, -0.2) is 39.7 Å². The average molecular weight is 327 g/mol. The third-order valence-corrected chi connectivity index (χ3v) is 5.05. The number of ether oxygens (including phenoxy) is 2. The average Bonchev–Trinajstić information content (AvgIpc) is 2.97. The first kappa shape index (κ1) is 16.9. The summed E-state index contributed by atoms with van der Waals surface area (Å²) in [5, 5.41) is 0. The van der Waals surface area contributed by atoms with Gasteiger partial charge in [-0.25, -0.2) is 13.1 Å². The third-order valence-electron chi connectivity index (χ3n) is 3.54. The lowest BCUT2D eigenvalue weighted by atomic mass is 10.2. The smallest absolute Gasteiger partial charge is 0.264 e. The number of aryl methyl sites for hydroxylation is 1. The highest BCUT2D eigenvalue weighted by atomic mass is 32.2. The Hall–Kier alpha value is -1.44. The molecule has 2 rings (SSSR count). The molecule has 7 heteroatoms. The molecular weight excluding hydrogens is 306 g/mol.